The van der Waals surface area contributed by atoms with Crippen LogP contribution in [0.1, 0.15) is 33.6 Å². The van der Waals surface area contributed by atoms with Gasteiger partial charge in [-0.25, -0.2) is 0 Å². The first-order valence-corrected chi connectivity index (χ1v) is 4.57. The second kappa shape index (κ2) is 2.12. The fourth-order valence-electron chi connectivity index (χ4n) is 2.15. The molecule has 0 saturated carbocycles. The van der Waals surface area contributed by atoms with E-state index in [-0.39, 0.29) is 5.41 Å². The van der Waals surface area contributed by atoms with E-state index in [1.165, 1.54) is 11.3 Å². The highest BCUT2D eigenvalue weighted by atomic mass is 16.2. The van der Waals surface area contributed by atoms with Crippen molar-refractivity contribution in [2.24, 2.45) is 5.41 Å². The molecule has 0 bridgehead atoms. The summed E-state index contributed by atoms with van der Waals surface area (Å²) in [6.07, 6.45) is 2.25. The molecule has 12 heavy (non-hydrogen) atoms. The van der Waals surface area contributed by atoms with Crippen molar-refractivity contribution < 1.29 is 4.79 Å². The van der Waals surface area contributed by atoms with Crippen molar-refractivity contribution in [3.63, 3.8) is 0 Å². The maximum atomic E-state index is 11.8. The van der Waals surface area contributed by atoms with Crippen LogP contribution in [0.5, 0.6) is 0 Å². The summed E-state index contributed by atoms with van der Waals surface area (Å²) in [7, 11) is 0. The van der Waals surface area contributed by atoms with E-state index >= 15 is 0 Å². The van der Waals surface area contributed by atoms with Gasteiger partial charge in [0.15, 0.2) is 0 Å². The highest BCUT2D eigenvalue weighted by Gasteiger charge is 2.44. The monoisotopic (exact) mass is 165 g/mol. The van der Waals surface area contributed by atoms with Gasteiger partial charge in [0.1, 0.15) is 0 Å². The predicted molar refractivity (Wildman–Crippen MR) is 47.4 cm³/mol. The molecule has 2 aliphatic heterocycles. The Hall–Kier alpha value is -0.790. The zero-order chi connectivity index (χ0) is 8.93. The summed E-state index contributed by atoms with van der Waals surface area (Å²) in [5, 5.41) is 0. The van der Waals surface area contributed by atoms with E-state index in [1.807, 2.05) is 18.7 Å². The molecule has 2 aliphatic rings. The first kappa shape index (κ1) is 7.84. The number of carbonyl (C=O) groups excluding carboxylic acids is 1. The van der Waals surface area contributed by atoms with Crippen LogP contribution >= 0.6 is 0 Å². The normalized spacial score (nSPS) is 26.9. The Balaban J connectivity index is 2.48. The van der Waals surface area contributed by atoms with E-state index < -0.39 is 0 Å². The topological polar surface area (TPSA) is 20.3 Å². The molecule has 0 aromatic rings. The molecule has 0 spiro atoms. The largest absolute Gasteiger partial charge is 0.315 e. The minimum absolute atomic E-state index is 0.226. The zero-order valence-electron chi connectivity index (χ0n) is 7.98. The third-order valence-corrected chi connectivity index (χ3v) is 3.27. The quantitative estimate of drug-likeness (QED) is 0.537. The summed E-state index contributed by atoms with van der Waals surface area (Å²) >= 11 is 0. The molecule has 0 radical (unpaired) electrons. The van der Waals surface area contributed by atoms with Crippen LogP contribution in [0, 0.1) is 5.41 Å². The Bertz CT molecular complexity index is 276. The van der Waals surface area contributed by atoms with Gasteiger partial charge in [0.25, 0.3) is 0 Å². The molecule has 66 valence electrons. The Morgan fingerprint density at radius 2 is 2.08 bits per heavy atom. The SMILES string of the molecule is CC1=C2CCCN2C(=O)C1(C)C. The van der Waals surface area contributed by atoms with Gasteiger partial charge >= 0.3 is 0 Å². The molecule has 0 atom stereocenters. The summed E-state index contributed by atoms with van der Waals surface area (Å²) in [5.41, 5.74) is 2.35. The second-order valence-corrected chi connectivity index (χ2v) is 4.26. The Morgan fingerprint density at radius 3 is 2.67 bits per heavy atom. The Labute approximate surface area is 73.2 Å². The van der Waals surface area contributed by atoms with Crippen molar-refractivity contribution in [2.45, 2.75) is 33.6 Å². The van der Waals surface area contributed by atoms with Gasteiger partial charge in [-0.2, -0.15) is 0 Å². The van der Waals surface area contributed by atoms with Crippen molar-refractivity contribution in [1.82, 2.24) is 4.90 Å². The lowest BCUT2D eigenvalue weighted by molar-refractivity contribution is -0.133. The van der Waals surface area contributed by atoms with Crippen molar-refractivity contribution in [3.8, 4) is 0 Å². The van der Waals surface area contributed by atoms with Gasteiger partial charge in [-0.3, -0.25) is 4.79 Å². The minimum atomic E-state index is -0.226. The van der Waals surface area contributed by atoms with Gasteiger partial charge in [-0.05, 0) is 39.2 Å². The van der Waals surface area contributed by atoms with Gasteiger partial charge in [0.05, 0.1) is 5.41 Å². The van der Waals surface area contributed by atoms with Crippen LogP contribution in [0.3, 0.4) is 0 Å². The van der Waals surface area contributed by atoms with Crippen LogP contribution in [-0.4, -0.2) is 17.4 Å². The summed E-state index contributed by atoms with van der Waals surface area (Å²) in [5.74, 6) is 0.299. The Morgan fingerprint density at radius 1 is 1.42 bits per heavy atom. The van der Waals surface area contributed by atoms with E-state index in [1.54, 1.807) is 0 Å². The molecule has 2 heterocycles. The smallest absolute Gasteiger partial charge is 0.236 e. The van der Waals surface area contributed by atoms with Crippen molar-refractivity contribution in [1.29, 1.82) is 0 Å². The second-order valence-electron chi connectivity index (χ2n) is 4.26. The van der Waals surface area contributed by atoms with E-state index in [0.29, 0.717) is 5.91 Å². The third kappa shape index (κ3) is 0.728. The van der Waals surface area contributed by atoms with Gasteiger partial charge < -0.3 is 4.90 Å². The Kier molecular flexibility index (Phi) is 1.39. The number of carbonyl (C=O) groups is 1. The molecule has 2 rings (SSSR count). The van der Waals surface area contributed by atoms with Gasteiger partial charge in [-0.1, -0.05) is 0 Å². The third-order valence-electron chi connectivity index (χ3n) is 3.27. The average Bonchev–Trinajstić information content (AvgIpc) is 2.53. The molecular formula is C10H15NO. The molecule has 0 unspecified atom stereocenters. The lowest BCUT2D eigenvalue weighted by Crippen LogP contribution is -2.31. The summed E-state index contributed by atoms with van der Waals surface area (Å²) in [4.78, 5) is 13.8. The van der Waals surface area contributed by atoms with E-state index in [9.17, 15) is 4.79 Å². The molecular weight excluding hydrogens is 150 g/mol. The molecule has 0 aliphatic carbocycles. The maximum absolute atomic E-state index is 11.8. The number of fused-ring (bicyclic) bond motifs is 1. The lowest BCUT2D eigenvalue weighted by atomic mass is 9.85. The van der Waals surface area contributed by atoms with Crippen LogP contribution in [-0.2, 0) is 4.79 Å². The highest BCUT2D eigenvalue weighted by molar-refractivity contribution is 5.90. The summed E-state index contributed by atoms with van der Waals surface area (Å²) in [6.45, 7) is 7.08. The maximum Gasteiger partial charge on any atom is 0.236 e. The predicted octanol–water partition coefficient (Wildman–Crippen LogP) is 1.92. The molecule has 0 aromatic carbocycles. The summed E-state index contributed by atoms with van der Waals surface area (Å²) < 4.78 is 0. The van der Waals surface area contributed by atoms with E-state index in [0.717, 1.165) is 19.4 Å². The molecule has 0 aromatic heterocycles. The summed E-state index contributed by atoms with van der Waals surface area (Å²) in [6, 6.07) is 0. The molecule has 2 heteroatoms. The van der Waals surface area contributed by atoms with Gasteiger partial charge in [0.2, 0.25) is 5.91 Å². The van der Waals surface area contributed by atoms with Crippen LogP contribution in [0.4, 0.5) is 0 Å². The van der Waals surface area contributed by atoms with Crippen LogP contribution in [0.15, 0.2) is 11.3 Å². The van der Waals surface area contributed by atoms with E-state index in [2.05, 4.69) is 6.92 Å². The molecule has 1 saturated heterocycles. The average molecular weight is 165 g/mol. The number of amides is 1. The molecule has 2 nitrogen and oxygen atoms in total. The van der Waals surface area contributed by atoms with Gasteiger partial charge in [0, 0.05) is 12.2 Å². The number of hydrogen-bond donors (Lipinski definition) is 0. The van der Waals surface area contributed by atoms with E-state index in [4.69, 9.17) is 0 Å². The van der Waals surface area contributed by atoms with Crippen molar-refractivity contribution in [3.05, 3.63) is 11.3 Å². The first-order chi connectivity index (χ1) is 5.55. The number of allylic oxidation sites excluding steroid dienone is 1. The minimum Gasteiger partial charge on any atom is -0.315 e. The fourth-order valence-corrected chi connectivity index (χ4v) is 2.15. The van der Waals surface area contributed by atoms with Crippen LogP contribution < -0.4 is 0 Å². The van der Waals surface area contributed by atoms with Gasteiger partial charge in [-0.15, -0.1) is 0 Å². The molecule has 0 N–H and O–H groups in total. The molecule has 1 amide bonds. The zero-order valence-corrected chi connectivity index (χ0v) is 7.98. The fraction of sp³-hybridized carbons (Fsp3) is 0.700. The number of nitrogens with zero attached hydrogens (tertiary/aromatic N) is 1. The lowest BCUT2D eigenvalue weighted by Gasteiger charge is -2.19. The standard InChI is InChI=1S/C10H15NO/c1-7-8-5-4-6-11(8)9(12)10(7,2)3/h4-6H2,1-3H3. The first-order valence-electron chi connectivity index (χ1n) is 4.57. The van der Waals surface area contributed by atoms with Crippen LogP contribution in [0.25, 0.3) is 0 Å². The van der Waals surface area contributed by atoms with Crippen molar-refractivity contribution >= 4 is 5.91 Å². The molecule has 1 fully saturated rings. The number of rotatable bonds is 0. The number of hydrogen-bond acceptors (Lipinski definition) is 1. The highest BCUT2D eigenvalue weighted by Crippen LogP contribution is 2.43. The van der Waals surface area contributed by atoms with Crippen molar-refractivity contribution in [2.75, 3.05) is 6.54 Å². The van der Waals surface area contributed by atoms with Crippen LogP contribution in [0.2, 0.25) is 0 Å².